The van der Waals surface area contributed by atoms with E-state index < -0.39 is 5.60 Å². The Hall–Kier alpha value is -0.120. The van der Waals surface area contributed by atoms with Crippen LogP contribution in [0.2, 0.25) is 0 Å². The lowest BCUT2D eigenvalue weighted by Crippen LogP contribution is -2.38. The monoisotopic (exact) mass is 189 g/mol. The Morgan fingerprint density at radius 1 is 1.31 bits per heavy atom. The maximum atomic E-state index is 9.45. The molecule has 1 atom stereocenters. The summed E-state index contributed by atoms with van der Waals surface area (Å²) >= 11 is 0. The Kier molecular flexibility index (Phi) is 4.89. The Morgan fingerprint density at radius 3 is 2.15 bits per heavy atom. The molecule has 1 unspecified atom stereocenters. The number of hydrogen-bond acceptors (Lipinski definition) is 3. The third kappa shape index (κ3) is 6.02. The average Bonchev–Trinajstić information content (AvgIpc) is 2.02. The molecular formula is C10H23NO2. The van der Waals surface area contributed by atoms with E-state index in [-0.39, 0.29) is 5.60 Å². The van der Waals surface area contributed by atoms with Gasteiger partial charge in [-0.25, -0.2) is 0 Å². The number of ether oxygens (including phenoxy) is 1. The molecule has 0 aliphatic rings. The van der Waals surface area contributed by atoms with E-state index >= 15 is 0 Å². The molecule has 80 valence electrons. The fourth-order valence-corrected chi connectivity index (χ4v) is 0.853. The molecule has 3 N–H and O–H groups in total. The van der Waals surface area contributed by atoms with Gasteiger partial charge >= 0.3 is 0 Å². The first-order valence-electron chi connectivity index (χ1n) is 4.89. The van der Waals surface area contributed by atoms with Crippen molar-refractivity contribution in [3.63, 3.8) is 0 Å². The van der Waals surface area contributed by atoms with Crippen molar-refractivity contribution in [1.29, 1.82) is 0 Å². The van der Waals surface area contributed by atoms with E-state index in [9.17, 15) is 5.11 Å². The summed E-state index contributed by atoms with van der Waals surface area (Å²) in [6.07, 6.45) is 1.54. The molecular weight excluding hydrogens is 166 g/mol. The standard InChI is InChI=1S/C10H23NO2/c1-5-10(4,8-11)13-7-6-9(2,3)12/h12H,5-8,11H2,1-4H3. The van der Waals surface area contributed by atoms with Crippen LogP contribution in [0.1, 0.15) is 40.5 Å². The molecule has 0 fully saturated rings. The summed E-state index contributed by atoms with van der Waals surface area (Å²) in [5.74, 6) is 0. The lowest BCUT2D eigenvalue weighted by atomic mass is 10.0. The minimum absolute atomic E-state index is 0.231. The molecule has 3 nitrogen and oxygen atoms in total. The lowest BCUT2D eigenvalue weighted by Gasteiger charge is -2.28. The molecule has 0 aliphatic carbocycles. The van der Waals surface area contributed by atoms with Crippen LogP contribution in [-0.4, -0.2) is 29.5 Å². The predicted octanol–water partition coefficient (Wildman–Crippen LogP) is 1.29. The van der Waals surface area contributed by atoms with Gasteiger partial charge in [-0.2, -0.15) is 0 Å². The van der Waals surface area contributed by atoms with Gasteiger partial charge in [0.05, 0.1) is 17.8 Å². The van der Waals surface area contributed by atoms with Gasteiger partial charge in [0.2, 0.25) is 0 Å². The van der Waals surface area contributed by atoms with Gasteiger partial charge in [0.15, 0.2) is 0 Å². The largest absolute Gasteiger partial charge is 0.390 e. The Bertz CT molecular complexity index is 136. The van der Waals surface area contributed by atoms with Crippen LogP contribution in [0.4, 0.5) is 0 Å². The fourth-order valence-electron chi connectivity index (χ4n) is 0.853. The van der Waals surface area contributed by atoms with Crippen molar-refractivity contribution in [2.75, 3.05) is 13.2 Å². The van der Waals surface area contributed by atoms with Crippen molar-refractivity contribution in [2.45, 2.75) is 51.7 Å². The minimum atomic E-state index is -0.650. The van der Waals surface area contributed by atoms with Crippen LogP contribution >= 0.6 is 0 Å². The van der Waals surface area contributed by atoms with Crippen LogP contribution in [0.5, 0.6) is 0 Å². The molecule has 0 spiro atoms. The van der Waals surface area contributed by atoms with Crippen LogP contribution in [0.15, 0.2) is 0 Å². The van der Waals surface area contributed by atoms with Crippen LogP contribution < -0.4 is 5.73 Å². The minimum Gasteiger partial charge on any atom is -0.390 e. The summed E-state index contributed by atoms with van der Waals surface area (Å²) in [5, 5.41) is 9.45. The van der Waals surface area contributed by atoms with Crippen molar-refractivity contribution in [3.05, 3.63) is 0 Å². The van der Waals surface area contributed by atoms with E-state index in [0.717, 1.165) is 6.42 Å². The maximum absolute atomic E-state index is 9.45. The number of aliphatic hydroxyl groups is 1. The van der Waals surface area contributed by atoms with E-state index in [2.05, 4.69) is 6.92 Å². The fraction of sp³-hybridized carbons (Fsp3) is 1.00. The first-order valence-corrected chi connectivity index (χ1v) is 4.89. The van der Waals surface area contributed by atoms with Gasteiger partial charge in [0, 0.05) is 6.54 Å². The van der Waals surface area contributed by atoms with E-state index in [1.165, 1.54) is 0 Å². The molecule has 0 aromatic heterocycles. The summed E-state index contributed by atoms with van der Waals surface area (Å²) in [7, 11) is 0. The quantitative estimate of drug-likeness (QED) is 0.662. The molecule has 3 heteroatoms. The first kappa shape index (κ1) is 12.9. The average molecular weight is 189 g/mol. The SMILES string of the molecule is CCC(C)(CN)OCCC(C)(C)O. The van der Waals surface area contributed by atoms with Gasteiger partial charge in [-0.05, 0) is 33.6 Å². The number of hydrogen-bond donors (Lipinski definition) is 2. The van der Waals surface area contributed by atoms with Crippen molar-refractivity contribution in [1.82, 2.24) is 0 Å². The topological polar surface area (TPSA) is 55.5 Å². The van der Waals surface area contributed by atoms with Gasteiger partial charge in [0.1, 0.15) is 0 Å². The summed E-state index contributed by atoms with van der Waals surface area (Å²) < 4.78 is 5.62. The second kappa shape index (κ2) is 4.94. The van der Waals surface area contributed by atoms with Gasteiger partial charge in [0.25, 0.3) is 0 Å². The molecule has 0 rings (SSSR count). The smallest absolute Gasteiger partial charge is 0.0773 e. The molecule has 0 radical (unpaired) electrons. The van der Waals surface area contributed by atoms with Gasteiger partial charge in [-0.1, -0.05) is 6.92 Å². The van der Waals surface area contributed by atoms with Gasteiger partial charge in [-0.15, -0.1) is 0 Å². The summed E-state index contributed by atoms with van der Waals surface area (Å²) in [5.41, 5.74) is 4.70. The normalized spacial score (nSPS) is 17.1. The van der Waals surface area contributed by atoms with E-state index in [4.69, 9.17) is 10.5 Å². The number of nitrogens with two attached hydrogens (primary N) is 1. The molecule has 0 amide bonds. The zero-order valence-electron chi connectivity index (χ0n) is 9.26. The summed E-state index contributed by atoms with van der Waals surface area (Å²) in [4.78, 5) is 0. The molecule has 0 saturated carbocycles. The third-order valence-electron chi connectivity index (χ3n) is 2.34. The van der Waals surface area contributed by atoms with E-state index in [0.29, 0.717) is 19.6 Å². The second-order valence-electron chi connectivity index (χ2n) is 4.42. The first-order chi connectivity index (χ1) is 5.83. The summed E-state index contributed by atoms with van der Waals surface area (Å²) in [6.45, 7) is 8.69. The molecule has 0 heterocycles. The second-order valence-corrected chi connectivity index (χ2v) is 4.42. The molecule has 0 aromatic carbocycles. The van der Waals surface area contributed by atoms with E-state index in [1.807, 2.05) is 6.92 Å². The van der Waals surface area contributed by atoms with Crippen molar-refractivity contribution in [3.8, 4) is 0 Å². The Labute approximate surface area is 81.3 Å². The molecule has 0 aliphatic heterocycles. The van der Waals surface area contributed by atoms with Crippen LogP contribution in [0.25, 0.3) is 0 Å². The van der Waals surface area contributed by atoms with Crippen LogP contribution in [-0.2, 0) is 4.74 Å². The highest BCUT2D eigenvalue weighted by Gasteiger charge is 2.22. The third-order valence-corrected chi connectivity index (χ3v) is 2.34. The van der Waals surface area contributed by atoms with Gasteiger partial charge in [-0.3, -0.25) is 0 Å². The highest BCUT2D eigenvalue weighted by atomic mass is 16.5. The highest BCUT2D eigenvalue weighted by molar-refractivity contribution is 4.75. The molecule has 0 saturated heterocycles. The Morgan fingerprint density at radius 2 is 1.85 bits per heavy atom. The molecule has 13 heavy (non-hydrogen) atoms. The van der Waals surface area contributed by atoms with Gasteiger partial charge < -0.3 is 15.6 Å². The summed E-state index contributed by atoms with van der Waals surface area (Å²) in [6, 6.07) is 0. The molecule has 0 aromatic rings. The van der Waals surface area contributed by atoms with Crippen LogP contribution in [0, 0.1) is 0 Å². The number of rotatable bonds is 6. The zero-order valence-corrected chi connectivity index (χ0v) is 9.26. The lowest BCUT2D eigenvalue weighted by molar-refractivity contribution is -0.0528. The van der Waals surface area contributed by atoms with Crippen molar-refractivity contribution >= 4 is 0 Å². The molecule has 0 bridgehead atoms. The van der Waals surface area contributed by atoms with E-state index in [1.54, 1.807) is 13.8 Å². The van der Waals surface area contributed by atoms with Crippen LogP contribution in [0.3, 0.4) is 0 Å². The van der Waals surface area contributed by atoms with Crippen molar-refractivity contribution in [2.24, 2.45) is 5.73 Å². The highest BCUT2D eigenvalue weighted by Crippen LogP contribution is 2.15. The zero-order chi connectivity index (χ0) is 10.5. The Balaban J connectivity index is 3.74. The predicted molar refractivity (Wildman–Crippen MR) is 54.6 cm³/mol. The maximum Gasteiger partial charge on any atom is 0.0773 e. The van der Waals surface area contributed by atoms with Crippen molar-refractivity contribution < 1.29 is 9.84 Å².